The van der Waals surface area contributed by atoms with Crippen molar-refractivity contribution < 1.29 is 19.1 Å². The molecule has 2 amide bonds. The number of carbonyl (C=O) groups is 3. The quantitative estimate of drug-likeness (QED) is 0.547. The summed E-state index contributed by atoms with van der Waals surface area (Å²) < 4.78 is 5.06. The Morgan fingerprint density at radius 3 is 2.41 bits per heavy atom. The van der Waals surface area contributed by atoms with Crippen LogP contribution in [0.4, 0.5) is 11.4 Å². The number of amides is 2. The minimum Gasteiger partial charge on any atom is -0.461 e. The van der Waals surface area contributed by atoms with E-state index in [1.54, 1.807) is 55.5 Å². The van der Waals surface area contributed by atoms with Crippen LogP contribution in [0.25, 0.3) is 0 Å². The second-order valence-electron chi connectivity index (χ2n) is 6.44. The maximum absolute atomic E-state index is 13.2. The van der Waals surface area contributed by atoms with Gasteiger partial charge in [-0.2, -0.15) is 5.10 Å². The van der Waals surface area contributed by atoms with Crippen molar-refractivity contribution >= 4 is 58.1 Å². The number of ether oxygens (including phenoxy) is 1. The Hall–Kier alpha value is -2.90. The normalized spacial score (nSPS) is 20.7. The van der Waals surface area contributed by atoms with Crippen LogP contribution in [0.3, 0.4) is 0 Å². The Balaban J connectivity index is 1.79. The number of imide groups is 1. The van der Waals surface area contributed by atoms with E-state index in [0.717, 1.165) is 4.90 Å². The third kappa shape index (κ3) is 3.26. The first kappa shape index (κ1) is 19.4. The van der Waals surface area contributed by atoms with E-state index in [1.807, 2.05) is 0 Å². The first-order chi connectivity index (χ1) is 13.9. The lowest BCUT2D eigenvalue weighted by Crippen LogP contribution is -2.39. The Morgan fingerprint density at radius 2 is 1.76 bits per heavy atom. The first-order valence-electron chi connectivity index (χ1n) is 8.86. The van der Waals surface area contributed by atoms with Crippen LogP contribution in [0.1, 0.15) is 6.92 Å². The summed E-state index contributed by atoms with van der Waals surface area (Å²) >= 11 is 12.0. The second kappa shape index (κ2) is 7.50. The van der Waals surface area contributed by atoms with E-state index in [1.165, 1.54) is 5.01 Å². The van der Waals surface area contributed by atoms with Gasteiger partial charge in [-0.25, -0.2) is 9.69 Å². The predicted molar refractivity (Wildman–Crippen MR) is 109 cm³/mol. The van der Waals surface area contributed by atoms with Crippen LogP contribution < -0.4 is 9.91 Å². The van der Waals surface area contributed by atoms with Gasteiger partial charge >= 0.3 is 5.97 Å². The van der Waals surface area contributed by atoms with Gasteiger partial charge in [-0.05, 0) is 49.4 Å². The van der Waals surface area contributed by atoms with Crippen molar-refractivity contribution in [1.29, 1.82) is 0 Å². The van der Waals surface area contributed by atoms with E-state index in [0.29, 0.717) is 21.4 Å². The van der Waals surface area contributed by atoms with Gasteiger partial charge in [0.25, 0.3) is 5.91 Å². The third-order valence-corrected chi connectivity index (χ3v) is 5.18. The Morgan fingerprint density at radius 1 is 1.03 bits per heavy atom. The Kier molecular flexibility index (Phi) is 5.02. The molecule has 2 aliphatic rings. The zero-order chi connectivity index (χ0) is 20.7. The average molecular weight is 432 g/mol. The van der Waals surface area contributed by atoms with Crippen LogP contribution in [0.15, 0.2) is 53.6 Å². The lowest BCUT2D eigenvalue weighted by Gasteiger charge is -2.22. The molecule has 2 atom stereocenters. The lowest BCUT2D eigenvalue weighted by atomic mass is 9.98. The molecule has 4 rings (SSSR count). The molecule has 0 radical (unpaired) electrons. The topological polar surface area (TPSA) is 79.3 Å². The highest BCUT2D eigenvalue weighted by atomic mass is 35.5. The van der Waals surface area contributed by atoms with Crippen molar-refractivity contribution in [1.82, 2.24) is 0 Å². The molecule has 1 saturated heterocycles. The van der Waals surface area contributed by atoms with E-state index in [2.05, 4.69) is 5.10 Å². The molecule has 2 aliphatic heterocycles. The number of rotatable bonds is 4. The zero-order valence-electron chi connectivity index (χ0n) is 15.2. The van der Waals surface area contributed by atoms with Crippen LogP contribution in [0, 0.1) is 5.92 Å². The van der Waals surface area contributed by atoms with Crippen LogP contribution in [0.5, 0.6) is 0 Å². The fraction of sp³-hybridized carbons (Fsp3) is 0.200. The van der Waals surface area contributed by atoms with Crippen molar-refractivity contribution in [3.8, 4) is 0 Å². The van der Waals surface area contributed by atoms with Gasteiger partial charge in [0.1, 0.15) is 12.0 Å². The molecule has 2 heterocycles. The molecule has 9 heteroatoms. The number of anilines is 2. The van der Waals surface area contributed by atoms with Crippen LogP contribution in [0.2, 0.25) is 10.0 Å². The molecule has 2 aromatic rings. The number of benzene rings is 2. The molecule has 0 saturated carbocycles. The van der Waals surface area contributed by atoms with Gasteiger partial charge in [0.05, 0.1) is 18.0 Å². The molecule has 148 valence electrons. The van der Waals surface area contributed by atoms with Crippen molar-refractivity contribution in [2.45, 2.75) is 13.0 Å². The summed E-state index contributed by atoms with van der Waals surface area (Å²) in [4.78, 5) is 39.9. The van der Waals surface area contributed by atoms with Gasteiger partial charge in [0, 0.05) is 10.0 Å². The highest BCUT2D eigenvalue weighted by Crippen LogP contribution is 2.38. The van der Waals surface area contributed by atoms with E-state index in [9.17, 15) is 14.4 Å². The van der Waals surface area contributed by atoms with Crippen molar-refractivity contribution in [2.24, 2.45) is 11.0 Å². The molecular weight excluding hydrogens is 417 g/mol. The monoisotopic (exact) mass is 431 g/mol. The van der Waals surface area contributed by atoms with Gasteiger partial charge in [-0.1, -0.05) is 29.3 Å². The van der Waals surface area contributed by atoms with Crippen LogP contribution in [-0.2, 0) is 19.1 Å². The van der Waals surface area contributed by atoms with E-state index in [4.69, 9.17) is 27.9 Å². The maximum Gasteiger partial charge on any atom is 0.355 e. The van der Waals surface area contributed by atoms with E-state index in [-0.39, 0.29) is 12.3 Å². The Bertz CT molecular complexity index is 1040. The molecular formula is C20H15Cl2N3O4. The number of hydrogen-bond donors (Lipinski definition) is 0. The number of hydrazone groups is 1. The molecule has 0 aromatic heterocycles. The zero-order valence-corrected chi connectivity index (χ0v) is 16.7. The smallest absolute Gasteiger partial charge is 0.355 e. The predicted octanol–water partition coefficient (Wildman–Crippen LogP) is 3.29. The van der Waals surface area contributed by atoms with Crippen molar-refractivity contribution in [3.05, 3.63) is 58.6 Å². The number of halogens is 2. The minimum absolute atomic E-state index is 0.105. The lowest BCUT2D eigenvalue weighted by molar-refractivity contribution is -0.136. The van der Waals surface area contributed by atoms with Crippen LogP contribution >= 0.6 is 23.2 Å². The number of carbonyl (C=O) groups excluding carboxylic acids is 3. The molecule has 0 N–H and O–H groups in total. The molecule has 1 fully saturated rings. The van der Waals surface area contributed by atoms with Gasteiger partial charge < -0.3 is 4.74 Å². The summed E-state index contributed by atoms with van der Waals surface area (Å²) in [7, 11) is 0. The molecule has 0 spiro atoms. The standard InChI is InChI=1S/C20H15Cl2N3O4/c1-2-29-20(28)16-15-17(25(23-16)14-5-3-4-12(22)10-14)19(27)24(18(15)26)13-8-6-11(21)7-9-13/h3-10,15,17H,2H2,1H3/t15-,17-/m0/s1. The second-order valence-corrected chi connectivity index (χ2v) is 7.31. The fourth-order valence-electron chi connectivity index (χ4n) is 3.46. The summed E-state index contributed by atoms with van der Waals surface area (Å²) in [6.45, 7) is 1.77. The van der Waals surface area contributed by atoms with Crippen LogP contribution in [-0.4, -0.2) is 36.1 Å². The molecule has 7 nitrogen and oxygen atoms in total. The van der Waals surface area contributed by atoms with E-state index < -0.39 is 29.7 Å². The van der Waals surface area contributed by atoms with Gasteiger partial charge in [0.15, 0.2) is 5.71 Å². The summed E-state index contributed by atoms with van der Waals surface area (Å²) in [5.41, 5.74) is 0.755. The highest BCUT2D eigenvalue weighted by Gasteiger charge is 2.59. The average Bonchev–Trinajstić information content (AvgIpc) is 3.21. The molecule has 0 aliphatic carbocycles. The third-order valence-electron chi connectivity index (χ3n) is 4.69. The summed E-state index contributed by atoms with van der Waals surface area (Å²) in [6, 6.07) is 12.0. The van der Waals surface area contributed by atoms with Crippen molar-refractivity contribution in [3.63, 3.8) is 0 Å². The maximum atomic E-state index is 13.2. The number of nitrogens with zero attached hydrogens (tertiary/aromatic N) is 3. The molecule has 2 aromatic carbocycles. The Labute approximate surface area is 176 Å². The van der Waals surface area contributed by atoms with E-state index >= 15 is 0 Å². The van der Waals surface area contributed by atoms with Crippen molar-refractivity contribution in [2.75, 3.05) is 16.5 Å². The van der Waals surface area contributed by atoms with Gasteiger partial charge in [-0.15, -0.1) is 0 Å². The number of hydrogen-bond acceptors (Lipinski definition) is 6. The molecule has 0 bridgehead atoms. The summed E-state index contributed by atoms with van der Waals surface area (Å²) in [5, 5.41) is 6.54. The SMILES string of the molecule is CCOC(=O)C1=NN(c2cccc(Cl)c2)[C@@H]2C(=O)N(c3ccc(Cl)cc3)C(=O)[C@@H]12. The fourth-order valence-corrected chi connectivity index (χ4v) is 3.78. The summed E-state index contributed by atoms with van der Waals surface area (Å²) in [5.74, 6) is -2.84. The minimum atomic E-state index is -1.07. The highest BCUT2D eigenvalue weighted by molar-refractivity contribution is 6.47. The summed E-state index contributed by atoms with van der Waals surface area (Å²) in [6.07, 6.45) is 0. The number of fused-ring (bicyclic) bond motifs is 1. The molecule has 0 unspecified atom stereocenters. The van der Waals surface area contributed by atoms with Gasteiger partial charge in [-0.3, -0.25) is 14.6 Å². The number of esters is 1. The molecule has 29 heavy (non-hydrogen) atoms. The van der Waals surface area contributed by atoms with Gasteiger partial charge in [0.2, 0.25) is 5.91 Å². The largest absolute Gasteiger partial charge is 0.461 e. The first-order valence-corrected chi connectivity index (χ1v) is 9.61.